The molecule has 1 atom stereocenters. The normalized spacial score (nSPS) is 16.4. The van der Waals surface area contributed by atoms with Gasteiger partial charge >= 0.3 is 5.97 Å². The van der Waals surface area contributed by atoms with Gasteiger partial charge in [-0.25, -0.2) is 4.39 Å². The molecule has 2 N–H and O–H groups in total. The topological polar surface area (TPSA) is 82.9 Å². The number of aliphatic hydroxyl groups excluding tert-OH is 1. The average Bonchev–Trinajstić information content (AvgIpc) is 3.40. The van der Waals surface area contributed by atoms with Crippen molar-refractivity contribution in [3.05, 3.63) is 57.9 Å². The zero-order valence-electron chi connectivity index (χ0n) is 19.7. The van der Waals surface area contributed by atoms with E-state index in [1.807, 2.05) is 17.5 Å². The fourth-order valence-corrected chi connectivity index (χ4v) is 5.29. The lowest BCUT2D eigenvalue weighted by molar-refractivity contribution is -0.152. The van der Waals surface area contributed by atoms with Crippen LogP contribution in [0.15, 0.2) is 41.9 Å². The molecule has 6 nitrogen and oxygen atoms in total. The second-order valence-electron chi connectivity index (χ2n) is 8.89. The van der Waals surface area contributed by atoms with E-state index >= 15 is 4.39 Å². The molecule has 3 aromatic rings. The SMILES string of the molecule is COc1ccc2ncc(CO)c(C(F)CCC3(C(=O)O)CCN(CC#Cc4cccs4)CC3)c2c1. The lowest BCUT2D eigenvalue weighted by Crippen LogP contribution is -2.44. The van der Waals surface area contributed by atoms with Gasteiger partial charge in [0, 0.05) is 35.8 Å². The van der Waals surface area contributed by atoms with Gasteiger partial charge in [-0.05, 0) is 55.3 Å². The molecule has 1 aliphatic rings. The van der Waals surface area contributed by atoms with E-state index in [1.165, 1.54) is 13.3 Å². The summed E-state index contributed by atoms with van der Waals surface area (Å²) >= 11 is 1.59. The molecule has 35 heavy (non-hydrogen) atoms. The highest BCUT2D eigenvalue weighted by Crippen LogP contribution is 2.41. The van der Waals surface area contributed by atoms with E-state index < -0.39 is 17.6 Å². The number of aliphatic hydroxyl groups is 1. The molecule has 0 radical (unpaired) electrons. The molecule has 0 spiro atoms. The van der Waals surface area contributed by atoms with Crippen molar-refractivity contribution in [2.75, 3.05) is 26.7 Å². The minimum Gasteiger partial charge on any atom is -0.497 e. The number of benzene rings is 1. The minimum absolute atomic E-state index is 0.0494. The van der Waals surface area contributed by atoms with E-state index in [9.17, 15) is 15.0 Å². The zero-order valence-corrected chi connectivity index (χ0v) is 20.5. The maximum absolute atomic E-state index is 15.7. The fraction of sp³-hybridized carbons (Fsp3) is 0.407. The van der Waals surface area contributed by atoms with Crippen molar-refractivity contribution >= 4 is 28.2 Å². The van der Waals surface area contributed by atoms with Gasteiger partial charge in [-0.15, -0.1) is 11.3 Å². The van der Waals surface area contributed by atoms with Crippen LogP contribution in [-0.2, 0) is 11.4 Å². The molecular weight excluding hydrogens is 467 g/mol. The summed E-state index contributed by atoms with van der Waals surface area (Å²) in [6.45, 7) is 1.46. The summed E-state index contributed by atoms with van der Waals surface area (Å²) in [6, 6.07) is 9.15. The molecule has 0 amide bonds. The van der Waals surface area contributed by atoms with Gasteiger partial charge in [-0.1, -0.05) is 17.9 Å². The number of carboxylic acids is 1. The summed E-state index contributed by atoms with van der Waals surface area (Å²) in [6.07, 6.45) is 1.23. The van der Waals surface area contributed by atoms with Crippen molar-refractivity contribution < 1.29 is 24.1 Å². The molecule has 1 unspecified atom stereocenters. The maximum Gasteiger partial charge on any atom is 0.309 e. The van der Waals surface area contributed by atoms with Crippen LogP contribution in [0.4, 0.5) is 4.39 Å². The Bertz CT molecular complexity index is 1220. The number of methoxy groups -OCH3 is 1. The lowest BCUT2D eigenvalue weighted by atomic mass is 9.74. The van der Waals surface area contributed by atoms with E-state index in [-0.39, 0.29) is 19.4 Å². The number of halogens is 1. The van der Waals surface area contributed by atoms with Crippen LogP contribution in [0.25, 0.3) is 10.9 Å². The van der Waals surface area contributed by atoms with Gasteiger partial charge in [-0.2, -0.15) is 0 Å². The molecule has 1 saturated heterocycles. The molecule has 184 valence electrons. The second-order valence-corrected chi connectivity index (χ2v) is 9.83. The summed E-state index contributed by atoms with van der Waals surface area (Å²) in [5, 5.41) is 22.4. The molecule has 1 aliphatic heterocycles. The Morgan fingerprint density at radius 1 is 1.34 bits per heavy atom. The van der Waals surface area contributed by atoms with E-state index in [4.69, 9.17) is 4.74 Å². The highest BCUT2D eigenvalue weighted by Gasteiger charge is 2.41. The molecule has 2 aromatic heterocycles. The maximum atomic E-state index is 15.7. The van der Waals surface area contributed by atoms with E-state index in [0.717, 1.165) is 4.88 Å². The van der Waals surface area contributed by atoms with Crippen molar-refractivity contribution in [2.24, 2.45) is 5.41 Å². The number of ether oxygens (including phenoxy) is 1. The lowest BCUT2D eigenvalue weighted by Gasteiger charge is -2.38. The zero-order chi connectivity index (χ0) is 24.8. The molecule has 8 heteroatoms. The number of aromatic nitrogens is 1. The summed E-state index contributed by atoms with van der Waals surface area (Å²) in [5.41, 5.74) is 0.396. The van der Waals surface area contributed by atoms with Crippen molar-refractivity contribution in [1.29, 1.82) is 0 Å². The molecule has 1 fully saturated rings. The predicted octanol–water partition coefficient (Wildman–Crippen LogP) is 4.81. The van der Waals surface area contributed by atoms with Crippen molar-refractivity contribution in [3.63, 3.8) is 0 Å². The van der Waals surface area contributed by atoms with Gasteiger partial charge in [0.05, 0.1) is 36.1 Å². The van der Waals surface area contributed by atoms with Gasteiger partial charge in [0.15, 0.2) is 0 Å². The Balaban J connectivity index is 1.46. The number of thiophene rings is 1. The number of aliphatic carboxylic acids is 1. The Morgan fingerprint density at radius 2 is 2.14 bits per heavy atom. The van der Waals surface area contributed by atoms with Gasteiger partial charge in [0.1, 0.15) is 11.9 Å². The number of fused-ring (bicyclic) bond motifs is 1. The van der Waals surface area contributed by atoms with Crippen molar-refractivity contribution in [2.45, 2.75) is 38.5 Å². The second kappa shape index (κ2) is 11.2. The molecule has 4 rings (SSSR count). The number of pyridine rings is 1. The first-order valence-corrected chi connectivity index (χ1v) is 12.5. The molecule has 0 saturated carbocycles. The van der Waals surface area contributed by atoms with E-state index in [2.05, 4.69) is 21.7 Å². The first kappa shape index (κ1) is 25.1. The standard InChI is InChI=1S/C27H29FN2O4S/c1-34-20-6-7-24-22(16-20)25(19(18-31)17-29-24)23(28)8-9-27(26(32)33)10-13-30(14-11-27)12-2-4-21-5-3-15-35-21/h3,5-7,15-17,23,31H,8-14,18H2,1H3,(H,32,33). The Morgan fingerprint density at radius 3 is 2.80 bits per heavy atom. The van der Waals surface area contributed by atoms with Crippen LogP contribution in [0.1, 0.15) is 47.9 Å². The third-order valence-electron chi connectivity index (χ3n) is 6.86. The van der Waals surface area contributed by atoms with Crippen LogP contribution in [0.2, 0.25) is 0 Å². The number of piperidine rings is 1. The number of hydrogen-bond donors (Lipinski definition) is 2. The highest BCUT2D eigenvalue weighted by molar-refractivity contribution is 7.10. The smallest absolute Gasteiger partial charge is 0.309 e. The number of carboxylic acid groups (broad SMARTS) is 1. The Kier molecular flexibility index (Phi) is 8.01. The third-order valence-corrected chi connectivity index (χ3v) is 7.65. The van der Waals surface area contributed by atoms with Gasteiger partial charge in [-0.3, -0.25) is 14.7 Å². The Hall–Kier alpha value is -2.99. The largest absolute Gasteiger partial charge is 0.497 e. The van der Waals surface area contributed by atoms with Crippen LogP contribution in [0.3, 0.4) is 0 Å². The number of rotatable bonds is 8. The molecule has 0 bridgehead atoms. The number of nitrogens with zero attached hydrogens (tertiary/aromatic N) is 2. The third kappa shape index (κ3) is 5.64. The molecule has 1 aromatic carbocycles. The summed E-state index contributed by atoms with van der Waals surface area (Å²) in [4.78, 5) is 19.8. The predicted molar refractivity (Wildman–Crippen MR) is 134 cm³/mol. The first-order chi connectivity index (χ1) is 17.0. The highest BCUT2D eigenvalue weighted by atomic mass is 32.1. The van der Waals surface area contributed by atoms with Gasteiger partial charge < -0.3 is 14.9 Å². The van der Waals surface area contributed by atoms with Crippen molar-refractivity contribution in [3.8, 4) is 17.6 Å². The monoisotopic (exact) mass is 496 g/mol. The van der Waals surface area contributed by atoms with Gasteiger partial charge in [0.25, 0.3) is 0 Å². The number of carbonyl (C=O) groups is 1. The van der Waals surface area contributed by atoms with Crippen LogP contribution in [0.5, 0.6) is 5.75 Å². The number of hydrogen-bond acceptors (Lipinski definition) is 6. The summed E-state index contributed by atoms with van der Waals surface area (Å²) < 4.78 is 21.0. The van der Waals surface area contributed by atoms with E-state index in [0.29, 0.717) is 60.3 Å². The van der Waals surface area contributed by atoms with Crippen molar-refractivity contribution in [1.82, 2.24) is 9.88 Å². The molecular formula is C27H29FN2O4S. The summed E-state index contributed by atoms with van der Waals surface area (Å²) in [5.74, 6) is 5.99. The van der Waals surface area contributed by atoms with Crippen LogP contribution >= 0.6 is 11.3 Å². The number of alkyl halides is 1. The number of likely N-dealkylation sites (tertiary alicyclic amines) is 1. The van der Waals surface area contributed by atoms with Crippen LogP contribution in [-0.4, -0.2) is 52.8 Å². The van der Waals surface area contributed by atoms with Crippen LogP contribution in [0, 0.1) is 17.3 Å². The van der Waals surface area contributed by atoms with Gasteiger partial charge in [0.2, 0.25) is 0 Å². The fourth-order valence-electron chi connectivity index (χ4n) is 4.70. The minimum atomic E-state index is -1.43. The average molecular weight is 497 g/mol. The summed E-state index contributed by atoms with van der Waals surface area (Å²) in [7, 11) is 1.54. The quantitative estimate of drug-likeness (QED) is 0.436. The molecule has 0 aliphatic carbocycles. The van der Waals surface area contributed by atoms with Crippen LogP contribution < -0.4 is 4.74 Å². The molecule has 3 heterocycles. The van der Waals surface area contributed by atoms with E-state index in [1.54, 1.807) is 29.5 Å². The Labute approximate surface area is 208 Å². The first-order valence-electron chi connectivity index (χ1n) is 11.6.